The van der Waals surface area contributed by atoms with Crippen LogP contribution in [0.25, 0.3) is 0 Å². The number of hydrogen-bond donors (Lipinski definition) is 1. The molecule has 1 aliphatic heterocycles. The standard InChI is InChI=1S/C14H22N2/c1-4-8-15-11(2)12-5-6-14-13(10-12)7-9-16(14)3/h5-6,10-11,15H,4,7-9H2,1-3H3. The maximum atomic E-state index is 3.54. The molecule has 1 aromatic rings. The summed E-state index contributed by atoms with van der Waals surface area (Å²) in [5, 5.41) is 3.54. The van der Waals surface area contributed by atoms with Crippen molar-refractivity contribution in [3.05, 3.63) is 29.3 Å². The zero-order valence-electron chi connectivity index (χ0n) is 10.6. The Hall–Kier alpha value is -1.02. The molecule has 1 unspecified atom stereocenters. The van der Waals surface area contributed by atoms with E-state index in [0.29, 0.717) is 6.04 Å². The van der Waals surface area contributed by atoms with Crippen LogP contribution in [0.2, 0.25) is 0 Å². The van der Waals surface area contributed by atoms with Crippen molar-refractivity contribution in [3.63, 3.8) is 0 Å². The number of fused-ring (bicyclic) bond motifs is 1. The van der Waals surface area contributed by atoms with Gasteiger partial charge in [-0.1, -0.05) is 19.1 Å². The van der Waals surface area contributed by atoms with Crippen molar-refractivity contribution in [1.82, 2.24) is 5.32 Å². The molecule has 0 spiro atoms. The summed E-state index contributed by atoms with van der Waals surface area (Å²) < 4.78 is 0. The Morgan fingerprint density at radius 1 is 1.44 bits per heavy atom. The van der Waals surface area contributed by atoms with Crippen LogP contribution in [0.1, 0.15) is 37.4 Å². The second kappa shape index (κ2) is 4.88. The summed E-state index contributed by atoms with van der Waals surface area (Å²) in [5.41, 5.74) is 4.33. The van der Waals surface area contributed by atoms with Crippen molar-refractivity contribution in [3.8, 4) is 0 Å². The van der Waals surface area contributed by atoms with Gasteiger partial charge < -0.3 is 10.2 Å². The SMILES string of the molecule is CCCNC(C)c1ccc2c(c1)CCN2C. The molecule has 1 atom stereocenters. The van der Waals surface area contributed by atoms with Crippen LogP contribution in [0.15, 0.2) is 18.2 Å². The molecule has 0 bridgehead atoms. The molecule has 0 saturated carbocycles. The lowest BCUT2D eigenvalue weighted by Crippen LogP contribution is -2.19. The number of anilines is 1. The van der Waals surface area contributed by atoms with Gasteiger partial charge in [0.2, 0.25) is 0 Å². The first-order valence-electron chi connectivity index (χ1n) is 6.29. The third-order valence-corrected chi connectivity index (χ3v) is 3.43. The Bertz CT molecular complexity index is 360. The first-order chi connectivity index (χ1) is 7.72. The third kappa shape index (κ3) is 2.22. The van der Waals surface area contributed by atoms with Gasteiger partial charge in [0.25, 0.3) is 0 Å². The van der Waals surface area contributed by atoms with Crippen molar-refractivity contribution >= 4 is 5.69 Å². The molecule has 2 heteroatoms. The van der Waals surface area contributed by atoms with E-state index < -0.39 is 0 Å². The second-order valence-electron chi connectivity index (χ2n) is 4.74. The van der Waals surface area contributed by atoms with E-state index in [9.17, 15) is 0 Å². The fourth-order valence-electron chi connectivity index (χ4n) is 2.33. The summed E-state index contributed by atoms with van der Waals surface area (Å²) in [7, 11) is 2.17. The maximum Gasteiger partial charge on any atom is 0.0397 e. The minimum Gasteiger partial charge on any atom is -0.374 e. The van der Waals surface area contributed by atoms with Gasteiger partial charge in [0, 0.05) is 25.3 Å². The fraction of sp³-hybridized carbons (Fsp3) is 0.571. The summed E-state index contributed by atoms with van der Waals surface area (Å²) in [6.45, 7) is 6.71. The Morgan fingerprint density at radius 3 is 3.00 bits per heavy atom. The lowest BCUT2D eigenvalue weighted by atomic mass is 10.0. The molecule has 1 aliphatic rings. The second-order valence-corrected chi connectivity index (χ2v) is 4.74. The monoisotopic (exact) mass is 218 g/mol. The quantitative estimate of drug-likeness (QED) is 0.836. The summed E-state index contributed by atoms with van der Waals surface area (Å²) in [6.07, 6.45) is 2.39. The van der Waals surface area contributed by atoms with E-state index in [2.05, 4.69) is 49.3 Å². The molecule has 0 saturated heterocycles. The summed E-state index contributed by atoms with van der Waals surface area (Å²) in [5.74, 6) is 0. The van der Waals surface area contributed by atoms with Crippen LogP contribution in [0, 0.1) is 0 Å². The average molecular weight is 218 g/mol. The molecular formula is C14H22N2. The number of benzene rings is 1. The molecule has 0 radical (unpaired) electrons. The maximum absolute atomic E-state index is 3.54. The van der Waals surface area contributed by atoms with E-state index in [4.69, 9.17) is 0 Å². The van der Waals surface area contributed by atoms with Gasteiger partial charge in [0.1, 0.15) is 0 Å². The Morgan fingerprint density at radius 2 is 2.25 bits per heavy atom. The molecule has 2 rings (SSSR count). The highest BCUT2D eigenvalue weighted by Crippen LogP contribution is 2.29. The largest absolute Gasteiger partial charge is 0.374 e. The van der Waals surface area contributed by atoms with Gasteiger partial charge >= 0.3 is 0 Å². The molecule has 0 aliphatic carbocycles. The molecule has 0 amide bonds. The van der Waals surface area contributed by atoms with Crippen molar-refractivity contribution in [1.29, 1.82) is 0 Å². The van der Waals surface area contributed by atoms with Crippen LogP contribution < -0.4 is 10.2 Å². The molecular weight excluding hydrogens is 196 g/mol. The highest BCUT2D eigenvalue weighted by Gasteiger charge is 2.16. The molecule has 1 aromatic carbocycles. The first-order valence-corrected chi connectivity index (χ1v) is 6.29. The fourth-order valence-corrected chi connectivity index (χ4v) is 2.33. The van der Waals surface area contributed by atoms with Crippen molar-refractivity contribution in [2.45, 2.75) is 32.7 Å². The highest BCUT2D eigenvalue weighted by atomic mass is 15.1. The topological polar surface area (TPSA) is 15.3 Å². The van der Waals surface area contributed by atoms with Crippen LogP contribution in [0.3, 0.4) is 0 Å². The Balaban J connectivity index is 2.12. The summed E-state index contributed by atoms with van der Waals surface area (Å²) in [6, 6.07) is 7.36. The first kappa shape index (κ1) is 11.5. The zero-order chi connectivity index (χ0) is 11.5. The molecule has 1 N–H and O–H groups in total. The summed E-state index contributed by atoms with van der Waals surface area (Å²) in [4.78, 5) is 2.34. The number of hydrogen-bond acceptors (Lipinski definition) is 2. The van der Waals surface area contributed by atoms with Crippen LogP contribution in [-0.4, -0.2) is 20.1 Å². The molecule has 16 heavy (non-hydrogen) atoms. The van der Waals surface area contributed by atoms with E-state index in [1.807, 2.05) is 0 Å². The van der Waals surface area contributed by atoms with Crippen LogP contribution in [-0.2, 0) is 6.42 Å². The zero-order valence-corrected chi connectivity index (χ0v) is 10.6. The van der Waals surface area contributed by atoms with E-state index in [-0.39, 0.29) is 0 Å². The molecule has 1 heterocycles. The Kier molecular flexibility index (Phi) is 3.49. The van der Waals surface area contributed by atoms with Crippen LogP contribution in [0.5, 0.6) is 0 Å². The molecule has 2 nitrogen and oxygen atoms in total. The van der Waals surface area contributed by atoms with Crippen LogP contribution >= 0.6 is 0 Å². The number of likely N-dealkylation sites (N-methyl/N-ethyl adjacent to an activating group) is 1. The number of nitrogens with zero attached hydrogens (tertiary/aromatic N) is 1. The van der Waals surface area contributed by atoms with Gasteiger partial charge in [-0.3, -0.25) is 0 Å². The van der Waals surface area contributed by atoms with Gasteiger partial charge in [-0.05, 0) is 43.5 Å². The number of nitrogens with one attached hydrogen (secondary N) is 1. The van der Waals surface area contributed by atoms with E-state index in [0.717, 1.165) is 13.1 Å². The van der Waals surface area contributed by atoms with Gasteiger partial charge in [-0.25, -0.2) is 0 Å². The predicted molar refractivity (Wildman–Crippen MR) is 70.1 cm³/mol. The smallest absolute Gasteiger partial charge is 0.0397 e. The lowest BCUT2D eigenvalue weighted by Gasteiger charge is -2.16. The molecule has 0 fully saturated rings. The highest BCUT2D eigenvalue weighted by molar-refractivity contribution is 5.58. The normalized spacial score (nSPS) is 16.3. The van der Waals surface area contributed by atoms with E-state index >= 15 is 0 Å². The van der Waals surface area contributed by atoms with Gasteiger partial charge in [-0.2, -0.15) is 0 Å². The third-order valence-electron chi connectivity index (χ3n) is 3.43. The minimum absolute atomic E-state index is 0.469. The predicted octanol–water partition coefficient (Wildman–Crippen LogP) is 2.74. The summed E-state index contributed by atoms with van der Waals surface area (Å²) >= 11 is 0. The molecule has 88 valence electrons. The Labute approximate surface area is 98.7 Å². The lowest BCUT2D eigenvalue weighted by molar-refractivity contribution is 0.570. The van der Waals surface area contributed by atoms with Crippen LogP contribution in [0.4, 0.5) is 5.69 Å². The minimum atomic E-state index is 0.469. The average Bonchev–Trinajstić information content (AvgIpc) is 2.67. The molecule has 0 aromatic heterocycles. The van der Waals surface area contributed by atoms with E-state index in [1.165, 1.54) is 29.7 Å². The van der Waals surface area contributed by atoms with Crippen molar-refractivity contribution in [2.24, 2.45) is 0 Å². The van der Waals surface area contributed by atoms with Gasteiger partial charge in [0.05, 0.1) is 0 Å². The van der Waals surface area contributed by atoms with Gasteiger partial charge in [0.15, 0.2) is 0 Å². The van der Waals surface area contributed by atoms with Crippen molar-refractivity contribution < 1.29 is 0 Å². The van der Waals surface area contributed by atoms with Gasteiger partial charge in [-0.15, -0.1) is 0 Å². The van der Waals surface area contributed by atoms with Crippen molar-refractivity contribution in [2.75, 3.05) is 25.0 Å². The van der Waals surface area contributed by atoms with E-state index in [1.54, 1.807) is 0 Å². The number of rotatable bonds is 4.